The number of benzene rings is 1. The first kappa shape index (κ1) is 15.9. The molecular formula is C21H22BN3+. The molecule has 0 amide bonds. The van der Waals surface area contributed by atoms with Crippen LogP contribution in [-0.2, 0) is 0 Å². The molecule has 0 spiro atoms. The number of nitrogens with zero attached hydrogens (tertiary/aromatic N) is 2. The number of rotatable bonds is 4. The Hall–Kier alpha value is -2.59. The molecule has 25 heavy (non-hydrogen) atoms. The summed E-state index contributed by atoms with van der Waals surface area (Å²) in [6.45, 7) is 4.95. The van der Waals surface area contributed by atoms with Gasteiger partial charge in [0.2, 0.25) is 0 Å². The molecule has 1 radical (unpaired) electrons. The fourth-order valence-corrected chi connectivity index (χ4v) is 3.66. The molecule has 0 saturated heterocycles. The fourth-order valence-electron chi connectivity index (χ4n) is 3.66. The molecule has 0 unspecified atom stereocenters. The summed E-state index contributed by atoms with van der Waals surface area (Å²) in [5.74, 6) is 0. The van der Waals surface area contributed by atoms with Gasteiger partial charge >= 0.3 is 7.55 Å². The maximum absolute atomic E-state index is 5.88. The van der Waals surface area contributed by atoms with E-state index in [9.17, 15) is 0 Å². The summed E-state index contributed by atoms with van der Waals surface area (Å²) >= 11 is 0. The van der Waals surface area contributed by atoms with Crippen LogP contribution in [-0.4, -0.2) is 29.3 Å². The third kappa shape index (κ3) is 2.83. The Labute approximate surface area is 149 Å². The molecule has 1 aromatic heterocycles. The van der Waals surface area contributed by atoms with Crippen LogP contribution in [0.3, 0.4) is 0 Å². The van der Waals surface area contributed by atoms with Gasteiger partial charge < -0.3 is 10.2 Å². The van der Waals surface area contributed by atoms with E-state index in [1.54, 1.807) is 0 Å². The highest BCUT2D eigenvalue weighted by Gasteiger charge is 2.34. The number of hydrogen-bond donors (Lipinski definition) is 1. The van der Waals surface area contributed by atoms with Crippen molar-refractivity contribution in [2.45, 2.75) is 20.3 Å². The van der Waals surface area contributed by atoms with Gasteiger partial charge in [0.05, 0.1) is 0 Å². The number of aromatic nitrogens is 1. The van der Waals surface area contributed by atoms with Crippen LogP contribution < -0.4 is 5.73 Å². The Balaban J connectivity index is 1.77. The highest BCUT2D eigenvalue weighted by Crippen LogP contribution is 2.33. The summed E-state index contributed by atoms with van der Waals surface area (Å²) in [5.41, 5.74) is 14.7. The Bertz CT molecular complexity index is 958. The molecule has 0 aliphatic carbocycles. The summed E-state index contributed by atoms with van der Waals surface area (Å²) < 4.78 is 4.46. The number of hydrogen-bond acceptors (Lipinski definition) is 1. The predicted octanol–water partition coefficient (Wildman–Crippen LogP) is 3.38. The third-order valence-corrected chi connectivity index (χ3v) is 4.75. The van der Waals surface area contributed by atoms with Crippen LogP contribution in [0.15, 0.2) is 48.2 Å². The second kappa shape index (κ2) is 6.38. The lowest BCUT2D eigenvalue weighted by atomic mass is 9.94. The second-order valence-corrected chi connectivity index (χ2v) is 6.65. The van der Waals surface area contributed by atoms with Crippen LogP contribution in [0.4, 0.5) is 0 Å². The van der Waals surface area contributed by atoms with E-state index in [4.69, 9.17) is 5.73 Å². The quantitative estimate of drug-likeness (QED) is 0.858. The van der Waals surface area contributed by atoms with Crippen LogP contribution in [0, 0.1) is 13.8 Å². The summed E-state index contributed by atoms with van der Waals surface area (Å²) in [5, 5.41) is 0. The molecular weight excluding hydrogens is 305 g/mol. The zero-order chi connectivity index (χ0) is 17.4. The fraction of sp³-hybridized carbons (Fsp3) is 0.190. The van der Waals surface area contributed by atoms with Crippen LogP contribution in [0.25, 0.3) is 17.7 Å². The summed E-state index contributed by atoms with van der Waals surface area (Å²) in [6.07, 6.45) is 11.6. The molecule has 2 aromatic rings. The van der Waals surface area contributed by atoms with E-state index in [1.165, 1.54) is 39.3 Å². The van der Waals surface area contributed by atoms with Crippen molar-refractivity contribution in [1.82, 2.24) is 4.48 Å². The van der Waals surface area contributed by atoms with Crippen molar-refractivity contribution < 1.29 is 4.49 Å². The van der Waals surface area contributed by atoms with Crippen LogP contribution in [0.1, 0.15) is 34.5 Å². The largest absolute Gasteiger partial charge is 0.699 e. The summed E-state index contributed by atoms with van der Waals surface area (Å²) in [6, 6.07) is 10.8. The molecule has 1 aromatic carbocycles. The van der Waals surface area contributed by atoms with Gasteiger partial charge in [-0.1, -0.05) is 35.9 Å². The van der Waals surface area contributed by atoms with Crippen LogP contribution in [0.5, 0.6) is 0 Å². The molecule has 3 heterocycles. The molecule has 0 atom stereocenters. The van der Waals surface area contributed by atoms with E-state index in [0.717, 1.165) is 6.42 Å². The van der Waals surface area contributed by atoms with Gasteiger partial charge in [0.25, 0.3) is 0 Å². The van der Waals surface area contributed by atoms with Crippen molar-refractivity contribution in [3.63, 3.8) is 0 Å². The van der Waals surface area contributed by atoms with Gasteiger partial charge in [-0.15, -0.1) is 0 Å². The molecule has 4 rings (SSSR count). The van der Waals surface area contributed by atoms with Gasteiger partial charge in [0, 0.05) is 29.1 Å². The summed E-state index contributed by atoms with van der Waals surface area (Å²) in [4.78, 5) is 0. The SMILES string of the molecule is Cc1cccc(/C=C/c2cc(C)c3n2[B][N+]2=CC=CC2=C3CCN)c1. The van der Waals surface area contributed by atoms with E-state index >= 15 is 0 Å². The maximum atomic E-state index is 5.88. The van der Waals surface area contributed by atoms with Gasteiger partial charge in [-0.25, -0.2) is 0 Å². The first-order chi connectivity index (χ1) is 12.2. The Morgan fingerprint density at radius 2 is 2.08 bits per heavy atom. The lowest BCUT2D eigenvalue weighted by molar-refractivity contribution is -0.307. The van der Waals surface area contributed by atoms with Gasteiger partial charge in [0.1, 0.15) is 6.21 Å². The van der Waals surface area contributed by atoms with E-state index in [-0.39, 0.29) is 0 Å². The van der Waals surface area contributed by atoms with Crippen molar-refractivity contribution in [3.8, 4) is 0 Å². The minimum atomic E-state index is 0.652. The molecule has 0 fully saturated rings. The average Bonchev–Trinajstić information content (AvgIpc) is 3.18. The molecule has 123 valence electrons. The Kier molecular flexibility index (Phi) is 4.06. The Morgan fingerprint density at radius 3 is 2.88 bits per heavy atom. The number of nitrogens with two attached hydrogens (primary N) is 1. The number of fused-ring (bicyclic) bond motifs is 2. The van der Waals surface area contributed by atoms with Crippen molar-refractivity contribution >= 4 is 31.5 Å². The number of aryl methyl sites for hydroxylation is 2. The van der Waals surface area contributed by atoms with Gasteiger partial charge in [0.15, 0.2) is 5.70 Å². The molecule has 3 nitrogen and oxygen atoms in total. The van der Waals surface area contributed by atoms with Crippen molar-refractivity contribution in [2.75, 3.05) is 6.54 Å². The lowest BCUT2D eigenvalue weighted by Gasteiger charge is -2.18. The molecule has 2 aliphatic heterocycles. The molecule has 2 aliphatic rings. The Morgan fingerprint density at radius 1 is 1.20 bits per heavy atom. The second-order valence-electron chi connectivity index (χ2n) is 6.65. The standard InChI is InChI=1S/C21H22BN3/c1-15-5-3-6-17(13-15)8-9-18-14-16(2)21-19(10-11-23)20-7-4-12-24(20)22-25(18)21/h3-9,12-14H,10-11,23H2,1-2H3/q+1/b9-8+. The van der Waals surface area contributed by atoms with Crippen LogP contribution in [0.2, 0.25) is 0 Å². The maximum Gasteiger partial charge on any atom is 0.699 e. The van der Waals surface area contributed by atoms with E-state index in [2.05, 4.69) is 91.2 Å². The predicted molar refractivity (Wildman–Crippen MR) is 106 cm³/mol. The van der Waals surface area contributed by atoms with Gasteiger partial charge in [-0.2, -0.15) is 0 Å². The first-order valence-corrected chi connectivity index (χ1v) is 8.72. The zero-order valence-electron chi connectivity index (χ0n) is 14.7. The van der Waals surface area contributed by atoms with Gasteiger partial charge in [-0.3, -0.25) is 4.49 Å². The topological polar surface area (TPSA) is 34.0 Å². The molecule has 2 N–H and O–H groups in total. The van der Waals surface area contributed by atoms with Gasteiger partial charge in [-0.05, 0) is 50.1 Å². The van der Waals surface area contributed by atoms with Crippen molar-refractivity contribution in [1.29, 1.82) is 0 Å². The monoisotopic (exact) mass is 327 g/mol. The molecule has 4 heteroatoms. The van der Waals surface area contributed by atoms with Crippen molar-refractivity contribution in [3.05, 3.63) is 76.3 Å². The lowest BCUT2D eigenvalue weighted by Crippen LogP contribution is -2.30. The van der Waals surface area contributed by atoms with E-state index < -0.39 is 0 Å². The molecule has 0 saturated carbocycles. The minimum absolute atomic E-state index is 0.652. The normalized spacial score (nSPS) is 15.4. The minimum Gasteiger partial charge on any atom is -0.330 e. The smallest absolute Gasteiger partial charge is 0.330 e. The highest BCUT2D eigenvalue weighted by molar-refractivity contribution is 6.28. The van der Waals surface area contributed by atoms with Crippen LogP contribution >= 0.6 is 0 Å². The summed E-state index contributed by atoms with van der Waals surface area (Å²) in [7, 11) is 2.16. The zero-order valence-corrected chi connectivity index (χ0v) is 14.7. The highest BCUT2D eigenvalue weighted by atomic mass is 15.1. The number of allylic oxidation sites excluding steroid dienone is 2. The average molecular weight is 327 g/mol. The molecule has 0 bridgehead atoms. The van der Waals surface area contributed by atoms with E-state index in [0.29, 0.717) is 6.54 Å². The third-order valence-electron chi connectivity index (χ3n) is 4.75. The van der Waals surface area contributed by atoms with E-state index in [1.807, 2.05) is 0 Å². The van der Waals surface area contributed by atoms with Crippen molar-refractivity contribution in [2.24, 2.45) is 5.73 Å². The first-order valence-electron chi connectivity index (χ1n) is 8.72.